The summed E-state index contributed by atoms with van der Waals surface area (Å²) in [5.74, 6) is 0.440. The van der Waals surface area contributed by atoms with E-state index < -0.39 is 0 Å². The second kappa shape index (κ2) is 10.5. The lowest BCUT2D eigenvalue weighted by Crippen LogP contribution is -2.36. The molecule has 0 saturated carbocycles. The lowest BCUT2D eigenvalue weighted by Gasteiger charge is -2.12. The zero-order valence-corrected chi connectivity index (χ0v) is 16.3. The fourth-order valence-electron chi connectivity index (χ4n) is 1.97. The Bertz CT molecular complexity index is 632. The molecule has 0 spiro atoms. The van der Waals surface area contributed by atoms with Gasteiger partial charge in [0.15, 0.2) is 5.96 Å². The second-order valence-electron chi connectivity index (χ2n) is 4.72. The van der Waals surface area contributed by atoms with Gasteiger partial charge < -0.3 is 10.6 Å². The quantitative estimate of drug-likeness (QED) is 0.316. The molecule has 0 atom stereocenters. The zero-order chi connectivity index (χ0) is 15.8. The van der Waals surface area contributed by atoms with Gasteiger partial charge in [0.05, 0.1) is 0 Å². The standard InChI is InChI=1S/C17H20FN3S.HI/c1-19-17(21-12-14-5-3-4-6-16(14)18)20-11-13-7-9-15(22-2)10-8-13;/h3-10H,11-12H2,1-2H3,(H2,19,20,21);1H. The molecule has 0 aliphatic heterocycles. The fourth-order valence-corrected chi connectivity index (χ4v) is 2.38. The molecule has 0 aliphatic rings. The van der Waals surface area contributed by atoms with E-state index in [2.05, 4.69) is 46.1 Å². The van der Waals surface area contributed by atoms with Gasteiger partial charge in [0.2, 0.25) is 0 Å². The monoisotopic (exact) mass is 445 g/mol. The van der Waals surface area contributed by atoms with Crippen LogP contribution < -0.4 is 10.6 Å². The molecule has 0 unspecified atom stereocenters. The summed E-state index contributed by atoms with van der Waals surface area (Å²) in [6, 6.07) is 15.1. The summed E-state index contributed by atoms with van der Waals surface area (Å²) >= 11 is 1.72. The summed E-state index contributed by atoms with van der Waals surface area (Å²) in [5, 5.41) is 6.34. The number of nitrogens with zero attached hydrogens (tertiary/aromatic N) is 1. The van der Waals surface area contributed by atoms with Gasteiger partial charge in [-0.1, -0.05) is 30.3 Å². The van der Waals surface area contributed by atoms with Crippen molar-refractivity contribution < 1.29 is 4.39 Å². The first-order chi connectivity index (χ1) is 10.7. The maximum absolute atomic E-state index is 13.6. The molecule has 6 heteroatoms. The van der Waals surface area contributed by atoms with E-state index in [1.165, 1.54) is 16.5 Å². The SMILES string of the molecule is CN=C(NCc1ccc(SC)cc1)NCc1ccccc1F.I. The van der Waals surface area contributed by atoms with Crippen molar-refractivity contribution in [1.29, 1.82) is 0 Å². The summed E-state index contributed by atoms with van der Waals surface area (Å²) in [7, 11) is 1.70. The molecule has 2 rings (SSSR count). The third-order valence-corrected chi connectivity index (χ3v) is 3.99. The average molecular weight is 445 g/mol. The number of hydrogen-bond acceptors (Lipinski definition) is 2. The molecule has 0 amide bonds. The van der Waals surface area contributed by atoms with Crippen molar-refractivity contribution in [2.75, 3.05) is 13.3 Å². The Hall–Kier alpha value is -1.28. The summed E-state index contributed by atoms with van der Waals surface area (Å²) in [6.45, 7) is 1.07. The summed E-state index contributed by atoms with van der Waals surface area (Å²) in [6.07, 6.45) is 2.06. The van der Waals surface area contributed by atoms with Crippen molar-refractivity contribution in [3.63, 3.8) is 0 Å². The lowest BCUT2D eigenvalue weighted by molar-refractivity contribution is 0.604. The Morgan fingerprint density at radius 1 is 1.04 bits per heavy atom. The van der Waals surface area contributed by atoms with Crippen LogP contribution >= 0.6 is 35.7 Å². The van der Waals surface area contributed by atoms with E-state index in [1.54, 1.807) is 30.9 Å². The van der Waals surface area contributed by atoms with Crippen LogP contribution in [-0.2, 0) is 13.1 Å². The van der Waals surface area contributed by atoms with Gasteiger partial charge in [0, 0.05) is 30.6 Å². The molecular weight excluding hydrogens is 424 g/mol. The summed E-state index contributed by atoms with van der Waals surface area (Å²) in [5.41, 5.74) is 1.79. The van der Waals surface area contributed by atoms with Gasteiger partial charge in [-0.3, -0.25) is 4.99 Å². The van der Waals surface area contributed by atoms with Crippen LogP contribution in [0.15, 0.2) is 58.4 Å². The van der Waals surface area contributed by atoms with Crippen molar-refractivity contribution >= 4 is 41.7 Å². The molecule has 0 radical (unpaired) electrons. The summed E-state index contributed by atoms with van der Waals surface area (Å²) < 4.78 is 13.6. The molecule has 2 aromatic carbocycles. The van der Waals surface area contributed by atoms with Crippen molar-refractivity contribution in [2.24, 2.45) is 4.99 Å². The number of benzene rings is 2. The minimum Gasteiger partial charge on any atom is -0.352 e. The van der Waals surface area contributed by atoms with Gasteiger partial charge >= 0.3 is 0 Å². The minimum atomic E-state index is -0.210. The Kier molecular flexibility index (Phi) is 9.01. The van der Waals surface area contributed by atoms with E-state index in [9.17, 15) is 4.39 Å². The molecular formula is C17H21FIN3S. The highest BCUT2D eigenvalue weighted by atomic mass is 127. The van der Waals surface area contributed by atoms with Gasteiger partial charge in [-0.15, -0.1) is 35.7 Å². The second-order valence-corrected chi connectivity index (χ2v) is 5.60. The topological polar surface area (TPSA) is 36.4 Å². The Morgan fingerprint density at radius 3 is 2.30 bits per heavy atom. The van der Waals surface area contributed by atoms with Crippen LogP contribution in [0.5, 0.6) is 0 Å². The number of aliphatic imine (C=N–C) groups is 1. The number of thioether (sulfide) groups is 1. The first-order valence-electron chi connectivity index (χ1n) is 7.04. The molecule has 0 fully saturated rings. The van der Waals surface area contributed by atoms with Gasteiger partial charge in [0.1, 0.15) is 5.82 Å². The molecule has 0 aliphatic carbocycles. The van der Waals surface area contributed by atoms with Gasteiger partial charge in [-0.05, 0) is 30.0 Å². The number of nitrogens with one attached hydrogen (secondary N) is 2. The third-order valence-electron chi connectivity index (χ3n) is 3.25. The molecule has 3 nitrogen and oxygen atoms in total. The first kappa shape index (κ1) is 19.8. The van der Waals surface area contributed by atoms with Crippen LogP contribution in [0.3, 0.4) is 0 Å². The molecule has 124 valence electrons. The molecule has 0 saturated heterocycles. The predicted molar refractivity (Wildman–Crippen MR) is 107 cm³/mol. The van der Waals surface area contributed by atoms with Crippen LogP contribution in [0.4, 0.5) is 4.39 Å². The first-order valence-corrected chi connectivity index (χ1v) is 8.26. The third kappa shape index (κ3) is 6.39. The molecule has 2 N–H and O–H groups in total. The fraction of sp³-hybridized carbons (Fsp3) is 0.235. The number of hydrogen-bond donors (Lipinski definition) is 2. The normalized spacial score (nSPS) is 10.8. The van der Waals surface area contributed by atoms with E-state index in [0.29, 0.717) is 24.6 Å². The van der Waals surface area contributed by atoms with Crippen LogP contribution in [0.2, 0.25) is 0 Å². The van der Waals surface area contributed by atoms with Crippen molar-refractivity contribution in [3.8, 4) is 0 Å². The predicted octanol–water partition coefficient (Wildman–Crippen LogP) is 4.03. The lowest BCUT2D eigenvalue weighted by atomic mass is 10.2. The van der Waals surface area contributed by atoms with E-state index in [-0.39, 0.29) is 29.8 Å². The highest BCUT2D eigenvalue weighted by molar-refractivity contribution is 14.0. The van der Waals surface area contributed by atoms with Crippen LogP contribution in [-0.4, -0.2) is 19.3 Å². The maximum atomic E-state index is 13.6. The Labute approximate surface area is 158 Å². The highest BCUT2D eigenvalue weighted by Crippen LogP contribution is 2.14. The molecule has 2 aromatic rings. The van der Waals surface area contributed by atoms with Crippen molar-refractivity contribution in [3.05, 3.63) is 65.5 Å². The Morgan fingerprint density at radius 2 is 1.70 bits per heavy atom. The van der Waals surface area contributed by atoms with Crippen LogP contribution in [0.25, 0.3) is 0 Å². The van der Waals surface area contributed by atoms with Crippen LogP contribution in [0.1, 0.15) is 11.1 Å². The van der Waals surface area contributed by atoms with Crippen LogP contribution in [0, 0.1) is 5.82 Å². The van der Waals surface area contributed by atoms with E-state index in [1.807, 2.05) is 6.07 Å². The minimum absolute atomic E-state index is 0. The highest BCUT2D eigenvalue weighted by Gasteiger charge is 2.02. The van der Waals surface area contributed by atoms with Gasteiger partial charge in [-0.2, -0.15) is 0 Å². The van der Waals surface area contributed by atoms with Gasteiger partial charge in [0.25, 0.3) is 0 Å². The number of halogens is 2. The molecule has 0 heterocycles. The summed E-state index contributed by atoms with van der Waals surface area (Å²) in [4.78, 5) is 5.39. The Balaban J connectivity index is 0.00000264. The zero-order valence-electron chi connectivity index (χ0n) is 13.2. The molecule has 0 bridgehead atoms. The van der Waals surface area contributed by atoms with E-state index in [0.717, 1.165) is 0 Å². The van der Waals surface area contributed by atoms with E-state index >= 15 is 0 Å². The number of guanidine groups is 1. The van der Waals surface area contributed by atoms with Crippen molar-refractivity contribution in [2.45, 2.75) is 18.0 Å². The molecule has 0 aromatic heterocycles. The van der Waals surface area contributed by atoms with E-state index in [4.69, 9.17) is 0 Å². The molecule has 23 heavy (non-hydrogen) atoms. The van der Waals surface area contributed by atoms with Crippen molar-refractivity contribution in [1.82, 2.24) is 10.6 Å². The smallest absolute Gasteiger partial charge is 0.191 e. The largest absolute Gasteiger partial charge is 0.352 e. The average Bonchev–Trinajstić information content (AvgIpc) is 2.57. The number of rotatable bonds is 5. The van der Waals surface area contributed by atoms with Gasteiger partial charge in [-0.25, -0.2) is 4.39 Å². The maximum Gasteiger partial charge on any atom is 0.191 e.